The van der Waals surface area contributed by atoms with Gasteiger partial charge in [-0.2, -0.15) is 4.98 Å². The summed E-state index contributed by atoms with van der Waals surface area (Å²) in [6.07, 6.45) is 0.974. The van der Waals surface area contributed by atoms with E-state index in [1.54, 1.807) is 30.3 Å². The summed E-state index contributed by atoms with van der Waals surface area (Å²) in [7, 11) is 0. The van der Waals surface area contributed by atoms with Gasteiger partial charge >= 0.3 is 5.97 Å². The molecule has 0 saturated carbocycles. The Morgan fingerprint density at radius 2 is 2.05 bits per heavy atom. The van der Waals surface area contributed by atoms with E-state index in [4.69, 9.17) is 11.6 Å². The zero-order valence-electron chi connectivity index (χ0n) is 11.2. The van der Waals surface area contributed by atoms with Crippen LogP contribution in [0.1, 0.15) is 5.56 Å². The molecule has 2 heterocycles. The van der Waals surface area contributed by atoms with E-state index in [2.05, 4.69) is 4.98 Å². The minimum Gasteiger partial charge on any atom is -0.616 e. The third kappa shape index (κ3) is 2.27. The number of hydrogen-bond acceptors (Lipinski definition) is 3. The molecule has 3 rings (SSSR count). The molecule has 0 saturated heterocycles. The van der Waals surface area contributed by atoms with Crippen LogP contribution >= 0.6 is 11.6 Å². The molecule has 0 radical (unpaired) electrons. The number of fused-ring (bicyclic) bond motifs is 1. The second-order valence-electron chi connectivity index (χ2n) is 4.87. The maximum absolute atomic E-state index is 13.6. The molecule has 112 valence electrons. The largest absolute Gasteiger partial charge is 0.616 e. The van der Waals surface area contributed by atoms with Crippen LogP contribution in [-0.2, 0) is 11.2 Å². The van der Waals surface area contributed by atoms with Crippen molar-refractivity contribution in [2.75, 3.05) is 0 Å². The number of pyridine rings is 1. The Hall–Kier alpha value is -2.28. The monoisotopic (exact) mass is 320 g/mol. The van der Waals surface area contributed by atoms with Crippen LogP contribution in [0.25, 0.3) is 0 Å². The summed E-state index contributed by atoms with van der Waals surface area (Å²) in [6.45, 7) is 0. The number of hydroxylamine groups is 1. The van der Waals surface area contributed by atoms with Gasteiger partial charge in [0.1, 0.15) is 11.9 Å². The van der Waals surface area contributed by atoms with Gasteiger partial charge in [-0.3, -0.25) is 4.65 Å². The number of carboxylic acid groups (broad SMARTS) is 1. The number of quaternary nitrogens is 1. The van der Waals surface area contributed by atoms with Crippen LogP contribution in [-0.4, -0.2) is 16.1 Å². The lowest BCUT2D eigenvalue weighted by atomic mass is 10.0. The number of nitrogens with zero attached hydrogens (tertiary/aromatic N) is 2. The summed E-state index contributed by atoms with van der Waals surface area (Å²) in [5, 5.41) is 22.1. The topological polar surface area (TPSA) is 73.2 Å². The first-order chi connectivity index (χ1) is 10.4. The van der Waals surface area contributed by atoms with Gasteiger partial charge in [0.2, 0.25) is 5.82 Å². The Kier molecular flexibility index (Phi) is 3.44. The number of hydrogen-bond donors (Lipinski definition) is 1. The molecule has 1 atom stereocenters. The summed E-state index contributed by atoms with van der Waals surface area (Å²) in [4.78, 5) is 15.1. The Bertz CT molecular complexity index is 795. The van der Waals surface area contributed by atoms with Crippen LogP contribution in [0.4, 0.5) is 15.9 Å². The molecule has 1 unspecified atom stereocenters. The maximum atomic E-state index is 13.6. The quantitative estimate of drug-likeness (QED) is 0.522. The van der Waals surface area contributed by atoms with E-state index in [1.807, 2.05) is 0 Å². The van der Waals surface area contributed by atoms with Crippen molar-refractivity contribution in [3.8, 4) is 0 Å². The van der Waals surface area contributed by atoms with Gasteiger partial charge in [0.25, 0.3) is 0 Å². The van der Waals surface area contributed by atoms with E-state index >= 15 is 0 Å². The minimum atomic E-state index is -1.23. The van der Waals surface area contributed by atoms with Gasteiger partial charge in [0.05, 0.1) is 5.57 Å². The van der Waals surface area contributed by atoms with Crippen LogP contribution in [0.15, 0.2) is 48.2 Å². The molecule has 1 aliphatic heterocycles. The van der Waals surface area contributed by atoms with Gasteiger partial charge in [-0.1, -0.05) is 29.8 Å². The zero-order valence-corrected chi connectivity index (χ0v) is 11.9. The summed E-state index contributed by atoms with van der Waals surface area (Å²) < 4.78 is 12.4. The highest BCUT2D eigenvalue weighted by Crippen LogP contribution is 2.41. The van der Waals surface area contributed by atoms with Gasteiger partial charge in [0.15, 0.2) is 11.0 Å². The van der Waals surface area contributed by atoms with Crippen molar-refractivity contribution in [1.29, 1.82) is 0 Å². The summed E-state index contributed by atoms with van der Waals surface area (Å²) in [5.74, 6) is -2.04. The Morgan fingerprint density at radius 1 is 1.36 bits per heavy atom. The summed E-state index contributed by atoms with van der Waals surface area (Å²) in [6, 6.07) is 9.21. The van der Waals surface area contributed by atoms with Crippen LogP contribution in [0, 0.1) is 11.0 Å². The maximum Gasteiger partial charge on any atom is 0.337 e. The SMILES string of the molecule is O=C(O)C1=C[N+]([O-])(c2ccccc2)c2nc(Cl)c(F)cc2C1. The van der Waals surface area contributed by atoms with Crippen molar-refractivity contribution in [2.24, 2.45) is 0 Å². The van der Waals surface area contributed by atoms with E-state index in [1.165, 1.54) is 0 Å². The number of aliphatic carboxylic acids is 1. The van der Waals surface area contributed by atoms with Crippen LogP contribution in [0.2, 0.25) is 5.15 Å². The van der Waals surface area contributed by atoms with E-state index in [0.29, 0.717) is 0 Å². The average Bonchev–Trinajstić information content (AvgIpc) is 2.50. The molecular weight excluding hydrogens is 311 g/mol. The molecule has 0 spiro atoms. The van der Waals surface area contributed by atoms with Crippen LogP contribution < -0.4 is 4.65 Å². The second-order valence-corrected chi connectivity index (χ2v) is 5.23. The fraction of sp³-hybridized carbons (Fsp3) is 0.0667. The lowest BCUT2D eigenvalue weighted by Crippen LogP contribution is -2.37. The van der Waals surface area contributed by atoms with Gasteiger partial charge < -0.3 is 10.3 Å². The first-order valence-corrected chi connectivity index (χ1v) is 6.75. The molecule has 22 heavy (non-hydrogen) atoms. The highest BCUT2D eigenvalue weighted by molar-refractivity contribution is 6.29. The number of benzene rings is 1. The van der Waals surface area contributed by atoms with Crippen LogP contribution in [0.3, 0.4) is 0 Å². The molecule has 0 fully saturated rings. The van der Waals surface area contributed by atoms with E-state index < -0.39 is 21.6 Å². The second kappa shape index (κ2) is 5.17. The number of rotatable bonds is 2. The molecule has 1 aliphatic rings. The molecular formula is C15H10ClFN2O3. The third-order valence-corrected chi connectivity index (χ3v) is 3.70. The van der Waals surface area contributed by atoms with Crippen molar-refractivity contribution in [3.05, 3.63) is 69.9 Å². The highest BCUT2D eigenvalue weighted by Gasteiger charge is 2.35. The lowest BCUT2D eigenvalue weighted by Gasteiger charge is -2.40. The average molecular weight is 321 g/mol. The van der Waals surface area contributed by atoms with Gasteiger partial charge in [-0.25, -0.2) is 9.18 Å². The van der Waals surface area contributed by atoms with E-state index in [9.17, 15) is 19.5 Å². The van der Waals surface area contributed by atoms with Crippen LogP contribution in [0.5, 0.6) is 0 Å². The van der Waals surface area contributed by atoms with E-state index in [-0.39, 0.29) is 29.1 Å². The smallest absolute Gasteiger partial charge is 0.337 e. The Labute approximate surface area is 130 Å². The van der Waals surface area contributed by atoms with Gasteiger partial charge in [-0.15, -0.1) is 0 Å². The molecule has 0 aliphatic carbocycles. The van der Waals surface area contributed by atoms with Crippen molar-refractivity contribution >= 4 is 29.1 Å². The molecule has 1 aromatic carbocycles. The normalized spacial score (nSPS) is 20.2. The predicted octanol–water partition coefficient (Wildman–Crippen LogP) is 3.54. The standard InChI is InChI=1S/C15H10ClFN2O3/c16-13-12(17)7-9-6-10(15(20)21)8-19(22,14(9)18-13)11-4-2-1-3-5-11/h1-5,7-8H,6H2,(H,20,21). The number of carboxylic acids is 1. The third-order valence-electron chi connectivity index (χ3n) is 3.44. The van der Waals surface area contributed by atoms with Crippen molar-refractivity contribution in [2.45, 2.75) is 6.42 Å². The Balaban J connectivity index is 2.29. The lowest BCUT2D eigenvalue weighted by molar-refractivity contribution is -0.132. The molecule has 2 aromatic rings. The first kappa shape index (κ1) is 14.6. The van der Waals surface area contributed by atoms with Crippen molar-refractivity contribution < 1.29 is 14.3 Å². The molecule has 0 amide bonds. The van der Waals surface area contributed by atoms with Gasteiger partial charge in [-0.05, 0) is 6.07 Å². The van der Waals surface area contributed by atoms with Gasteiger partial charge in [0, 0.05) is 24.1 Å². The Morgan fingerprint density at radius 3 is 2.68 bits per heavy atom. The van der Waals surface area contributed by atoms with Crippen molar-refractivity contribution in [3.63, 3.8) is 0 Å². The number of para-hydroxylation sites is 1. The predicted molar refractivity (Wildman–Crippen MR) is 79.9 cm³/mol. The highest BCUT2D eigenvalue weighted by atomic mass is 35.5. The molecule has 1 aromatic heterocycles. The number of aromatic nitrogens is 1. The molecule has 7 heteroatoms. The summed E-state index contributed by atoms with van der Waals surface area (Å²) in [5.41, 5.74) is 0.355. The fourth-order valence-electron chi connectivity index (χ4n) is 2.42. The van der Waals surface area contributed by atoms with Crippen molar-refractivity contribution in [1.82, 2.24) is 9.63 Å². The zero-order chi connectivity index (χ0) is 15.9. The minimum absolute atomic E-state index is 0.0254. The molecule has 0 bridgehead atoms. The number of carbonyl (C=O) groups is 1. The fourth-order valence-corrected chi connectivity index (χ4v) is 2.56. The van der Waals surface area contributed by atoms with E-state index in [0.717, 1.165) is 12.3 Å². The summed E-state index contributed by atoms with van der Waals surface area (Å²) >= 11 is 5.69. The molecule has 1 N–H and O–H groups in total. The first-order valence-electron chi connectivity index (χ1n) is 6.37. The molecule has 5 nitrogen and oxygen atoms in total. The number of halogens is 2.